The number of ether oxygens (including phenoxy) is 3. The van der Waals surface area contributed by atoms with E-state index in [9.17, 15) is 0 Å². The van der Waals surface area contributed by atoms with E-state index >= 15 is 0 Å². The number of rotatable bonds is 2. The van der Waals surface area contributed by atoms with Crippen molar-refractivity contribution >= 4 is 0 Å². The minimum Gasteiger partial charge on any atom is -0.497 e. The quantitative estimate of drug-likeness (QED) is 0.869. The normalized spacial score (nSPS) is 30.7. The third-order valence-corrected chi connectivity index (χ3v) is 3.87. The smallest absolute Gasteiger partial charge is 0.124 e. The number of benzene rings is 1. The fourth-order valence-electron chi connectivity index (χ4n) is 2.77. The highest BCUT2D eigenvalue weighted by atomic mass is 16.5. The summed E-state index contributed by atoms with van der Waals surface area (Å²) in [5.41, 5.74) is 7.30. The van der Waals surface area contributed by atoms with Gasteiger partial charge in [0.1, 0.15) is 17.6 Å². The zero-order valence-electron chi connectivity index (χ0n) is 10.6. The molecule has 4 nitrogen and oxygen atoms in total. The Labute approximate surface area is 107 Å². The van der Waals surface area contributed by atoms with E-state index in [2.05, 4.69) is 0 Å². The number of nitrogens with two attached hydrogens (primary N) is 1. The van der Waals surface area contributed by atoms with Crippen LogP contribution in [0.15, 0.2) is 18.2 Å². The van der Waals surface area contributed by atoms with Gasteiger partial charge in [-0.2, -0.15) is 0 Å². The van der Waals surface area contributed by atoms with Crippen molar-refractivity contribution in [3.8, 4) is 11.5 Å². The van der Waals surface area contributed by atoms with Gasteiger partial charge in [0.05, 0.1) is 13.7 Å². The second-order valence-corrected chi connectivity index (χ2v) is 5.03. The van der Waals surface area contributed by atoms with E-state index in [0.29, 0.717) is 5.92 Å². The molecule has 0 spiro atoms. The van der Waals surface area contributed by atoms with E-state index in [4.69, 9.17) is 19.9 Å². The van der Waals surface area contributed by atoms with Crippen LogP contribution in [0.4, 0.5) is 0 Å². The molecule has 0 aromatic heterocycles. The maximum Gasteiger partial charge on any atom is 0.124 e. The van der Waals surface area contributed by atoms with E-state index in [1.54, 1.807) is 7.11 Å². The van der Waals surface area contributed by atoms with E-state index in [-0.39, 0.29) is 12.1 Å². The molecule has 1 aromatic rings. The molecule has 1 saturated heterocycles. The maximum absolute atomic E-state index is 6.25. The van der Waals surface area contributed by atoms with Gasteiger partial charge in [-0.25, -0.2) is 0 Å². The van der Waals surface area contributed by atoms with Crippen molar-refractivity contribution in [3.05, 3.63) is 23.8 Å². The van der Waals surface area contributed by atoms with Gasteiger partial charge in [-0.05, 0) is 24.6 Å². The SMILES string of the molecule is COc1ccc2c(c1)[C@@H](N)CC(C1CCOC1)O2. The molecule has 2 aliphatic heterocycles. The summed E-state index contributed by atoms with van der Waals surface area (Å²) in [6.45, 7) is 1.64. The standard InChI is InChI=1S/C14H19NO3/c1-16-10-2-3-13-11(6-10)12(15)7-14(18-13)9-4-5-17-8-9/h2-3,6,9,12,14H,4-5,7-8,15H2,1H3/t9?,12-,14?/m0/s1. The van der Waals surface area contributed by atoms with Crippen LogP contribution in [-0.4, -0.2) is 26.4 Å². The van der Waals surface area contributed by atoms with Crippen LogP contribution < -0.4 is 15.2 Å². The molecule has 3 rings (SSSR count). The number of hydrogen-bond acceptors (Lipinski definition) is 4. The Morgan fingerprint density at radius 3 is 3.00 bits per heavy atom. The Morgan fingerprint density at radius 2 is 2.28 bits per heavy atom. The predicted molar refractivity (Wildman–Crippen MR) is 67.9 cm³/mol. The molecule has 3 atom stereocenters. The van der Waals surface area contributed by atoms with Crippen molar-refractivity contribution in [1.82, 2.24) is 0 Å². The first-order valence-corrected chi connectivity index (χ1v) is 6.46. The second kappa shape index (κ2) is 4.78. The summed E-state index contributed by atoms with van der Waals surface area (Å²) in [5.74, 6) is 2.20. The molecule has 2 heterocycles. The van der Waals surface area contributed by atoms with Crippen molar-refractivity contribution in [2.24, 2.45) is 11.7 Å². The van der Waals surface area contributed by atoms with Gasteiger partial charge < -0.3 is 19.9 Å². The van der Waals surface area contributed by atoms with Gasteiger partial charge in [-0.1, -0.05) is 0 Å². The van der Waals surface area contributed by atoms with Crippen molar-refractivity contribution in [2.45, 2.75) is 25.0 Å². The van der Waals surface area contributed by atoms with E-state index in [1.165, 1.54) is 0 Å². The van der Waals surface area contributed by atoms with Crippen molar-refractivity contribution in [1.29, 1.82) is 0 Å². The first-order chi connectivity index (χ1) is 8.78. The summed E-state index contributed by atoms with van der Waals surface area (Å²) in [6, 6.07) is 5.87. The molecule has 4 heteroatoms. The molecule has 0 saturated carbocycles. The van der Waals surface area contributed by atoms with Crippen LogP contribution in [0.3, 0.4) is 0 Å². The highest BCUT2D eigenvalue weighted by Gasteiger charge is 2.34. The summed E-state index contributed by atoms with van der Waals surface area (Å²) in [4.78, 5) is 0. The molecule has 0 aliphatic carbocycles. The maximum atomic E-state index is 6.25. The fraction of sp³-hybridized carbons (Fsp3) is 0.571. The number of fused-ring (bicyclic) bond motifs is 1. The summed E-state index contributed by atoms with van der Waals surface area (Å²) in [6.07, 6.45) is 2.11. The highest BCUT2D eigenvalue weighted by Crippen LogP contribution is 2.39. The molecular formula is C14H19NO3. The van der Waals surface area contributed by atoms with Crippen LogP contribution in [0.5, 0.6) is 11.5 Å². The molecular weight excluding hydrogens is 230 g/mol. The van der Waals surface area contributed by atoms with Crippen LogP contribution in [0.1, 0.15) is 24.4 Å². The van der Waals surface area contributed by atoms with E-state index < -0.39 is 0 Å². The lowest BCUT2D eigenvalue weighted by Gasteiger charge is -2.33. The number of methoxy groups -OCH3 is 1. The summed E-state index contributed by atoms with van der Waals surface area (Å²) >= 11 is 0. The van der Waals surface area contributed by atoms with Gasteiger partial charge in [-0.15, -0.1) is 0 Å². The van der Waals surface area contributed by atoms with Crippen molar-refractivity contribution < 1.29 is 14.2 Å². The van der Waals surface area contributed by atoms with Gasteiger partial charge in [0.2, 0.25) is 0 Å². The molecule has 2 aliphatic rings. The Balaban J connectivity index is 1.83. The molecule has 2 N–H and O–H groups in total. The first kappa shape index (κ1) is 11.8. The monoisotopic (exact) mass is 249 g/mol. The van der Waals surface area contributed by atoms with Gasteiger partial charge in [-0.3, -0.25) is 0 Å². The Kier molecular flexibility index (Phi) is 3.14. The lowest BCUT2D eigenvalue weighted by atomic mass is 9.90. The zero-order chi connectivity index (χ0) is 12.5. The van der Waals surface area contributed by atoms with E-state index in [0.717, 1.165) is 43.1 Å². The Morgan fingerprint density at radius 1 is 1.39 bits per heavy atom. The molecule has 98 valence electrons. The molecule has 1 aromatic carbocycles. The molecule has 2 unspecified atom stereocenters. The van der Waals surface area contributed by atoms with Crippen LogP contribution in [0.2, 0.25) is 0 Å². The van der Waals surface area contributed by atoms with Crippen LogP contribution in [0.25, 0.3) is 0 Å². The predicted octanol–water partition coefficient (Wildman–Crippen LogP) is 1.88. The second-order valence-electron chi connectivity index (χ2n) is 5.03. The van der Waals surface area contributed by atoms with Gasteiger partial charge in [0.25, 0.3) is 0 Å². The fourth-order valence-corrected chi connectivity index (χ4v) is 2.77. The van der Waals surface area contributed by atoms with Gasteiger partial charge in [0, 0.05) is 30.6 Å². The van der Waals surface area contributed by atoms with Crippen molar-refractivity contribution in [3.63, 3.8) is 0 Å². The molecule has 0 bridgehead atoms. The third kappa shape index (κ3) is 2.06. The summed E-state index contributed by atoms with van der Waals surface area (Å²) < 4.78 is 16.7. The third-order valence-electron chi connectivity index (χ3n) is 3.87. The molecule has 1 fully saturated rings. The highest BCUT2D eigenvalue weighted by molar-refractivity contribution is 5.43. The largest absolute Gasteiger partial charge is 0.497 e. The molecule has 18 heavy (non-hydrogen) atoms. The summed E-state index contributed by atoms with van der Waals surface area (Å²) in [7, 11) is 1.66. The minimum atomic E-state index is 0.0226. The van der Waals surface area contributed by atoms with Crippen LogP contribution in [0, 0.1) is 5.92 Å². The minimum absolute atomic E-state index is 0.0226. The zero-order valence-corrected chi connectivity index (χ0v) is 10.6. The average molecular weight is 249 g/mol. The first-order valence-electron chi connectivity index (χ1n) is 6.46. The lowest BCUT2D eigenvalue weighted by Crippen LogP contribution is -2.35. The molecule has 0 amide bonds. The van der Waals surface area contributed by atoms with Gasteiger partial charge in [0.15, 0.2) is 0 Å². The molecule has 0 radical (unpaired) electrons. The Bertz CT molecular complexity index is 429. The van der Waals surface area contributed by atoms with E-state index in [1.807, 2.05) is 18.2 Å². The number of hydrogen-bond donors (Lipinski definition) is 1. The topological polar surface area (TPSA) is 53.7 Å². The van der Waals surface area contributed by atoms with Crippen molar-refractivity contribution in [2.75, 3.05) is 20.3 Å². The van der Waals surface area contributed by atoms with Crippen LogP contribution in [-0.2, 0) is 4.74 Å². The Hall–Kier alpha value is -1.26. The van der Waals surface area contributed by atoms with Crippen LogP contribution >= 0.6 is 0 Å². The lowest BCUT2D eigenvalue weighted by molar-refractivity contribution is 0.0853. The van der Waals surface area contributed by atoms with Gasteiger partial charge >= 0.3 is 0 Å². The summed E-state index contributed by atoms with van der Waals surface area (Å²) in [5, 5.41) is 0. The average Bonchev–Trinajstić information content (AvgIpc) is 2.92.